The molecule has 0 saturated carbocycles. The van der Waals surface area contributed by atoms with Gasteiger partial charge in [-0.1, -0.05) is 47.5 Å². The Morgan fingerprint density at radius 3 is 2.03 bits per heavy atom. The summed E-state index contributed by atoms with van der Waals surface area (Å²) in [5.74, 6) is -0.652. The predicted molar refractivity (Wildman–Crippen MR) is 138 cm³/mol. The molecule has 1 amide bonds. The predicted octanol–water partition coefficient (Wildman–Crippen LogP) is 6.19. The fraction of sp³-hybridized carbons (Fsp3) is 0.0769. The largest absolute Gasteiger partial charge is 0.416 e. The van der Waals surface area contributed by atoms with Crippen LogP contribution in [-0.4, -0.2) is 25.3 Å². The van der Waals surface area contributed by atoms with Crippen molar-refractivity contribution in [2.24, 2.45) is 0 Å². The average molecular weight is 558 g/mol. The van der Waals surface area contributed by atoms with E-state index in [9.17, 15) is 22.8 Å². The highest BCUT2D eigenvalue weighted by molar-refractivity contribution is 6.31. The molecule has 5 aromatic rings. The number of carbonyl (C=O) groups is 1. The van der Waals surface area contributed by atoms with Crippen LogP contribution in [0.5, 0.6) is 0 Å². The van der Waals surface area contributed by atoms with Crippen LogP contribution < -0.4 is 11.0 Å². The van der Waals surface area contributed by atoms with Crippen LogP contribution in [0.25, 0.3) is 27.9 Å². The lowest BCUT2D eigenvalue weighted by Gasteiger charge is -2.11. The van der Waals surface area contributed by atoms with E-state index in [2.05, 4.69) is 15.5 Å². The lowest BCUT2D eigenvalue weighted by atomic mass is 9.97. The first-order valence-electron chi connectivity index (χ1n) is 11.1. The molecule has 0 saturated heterocycles. The summed E-state index contributed by atoms with van der Waals surface area (Å²) in [4.78, 5) is 25.7. The van der Waals surface area contributed by atoms with Crippen LogP contribution in [0.4, 0.5) is 18.9 Å². The third-order valence-electron chi connectivity index (χ3n) is 5.69. The molecule has 0 fully saturated rings. The number of alkyl halides is 3. The van der Waals surface area contributed by atoms with E-state index in [-0.39, 0.29) is 11.3 Å². The summed E-state index contributed by atoms with van der Waals surface area (Å²) in [6, 6.07) is 18.0. The molecule has 5 rings (SSSR count). The van der Waals surface area contributed by atoms with E-state index in [4.69, 9.17) is 23.2 Å². The fourth-order valence-corrected chi connectivity index (χ4v) is 4.14. The van der Waals surface area contributed by atoms with Gasteiger partial charge in [0.15, 0.2) is 5.65 Å². The summed E-state index contributed by atoms with van der Waals surface area (Å²) >= 11 is 12.1. The molecule has 38 heavy (non-hydrogen) atoms. The molecular formula is C26H16Cl2F3N5O2. The van der Waals surface area contributed by atoms with Crippen LogP contribution in [-0.2, 0) is 17.5 Å². The molecule has 192 valence electrons. The van der Waals surface area contributed by atoms with E-state index in [0.29, 0.717) is 26.7 Å². The zero-order valence-corrected chi connectivity index (χ0v) is 20.7. The minimum atomic E-state index is -4.49. The number of hydrogen-bond donors (Lipinski definition) is 1. The average Bonchev–Trinajstić information content (AvgIpc) is 3.19. The second-order valence-electron chi connectivity index (χ2n) is 8.25. The Labute approximate surface area is 223 Å². The number of nitrogens with one attached hydrogen (secondary N) is 1. The second kappa shape index (κ2) is 9.96. The Morgan fingerprint density at radius 2 is 1.45 bits per heavy atom. The molecule has 0 aliphatic rings. The summed E-state index contributed by atoms with van der Waals surface area (Å²) in [6.45, 7) is -0.487. The molecule has 0 bridgehead atoms. The molecule has 7 nitrogen and oxygen atoms in total. The molecule has 0 aliphatic carbocycles. The number of nitrogens with zero attached hydrogens (tertiary/aromatic N) is 4. The Kier molecular flexibility index (Phi) is 6.68. The Hall–Kier alpha value is -4.15. The number of carbonyl (C=O) groups excluding carboxylic acids is 1. The van der Waals surface area contributed by atoms with Gasteiger partial charge in [0.1, 0.15) is 6.54 Å². The fourth-order valence-electron chi connectivity index (χ4n) is 3.89. The van der Waals surface area contributed by atoms with Crippen LogP contribution in [0.2, 0.25) is 10.0 Å². The third-order valence-corrected chi connectivity index (χ3v) is 6.19. The molecule has 12 heteroatoms. The van der Waals surface area contributed by atoms with Gasteiger partial charge in [0, 0.05) is 26.9 Å². The summed E-state index contributed by atoms with van der Waals surface area (Å²) < 4.78 is 40.4. The van der Waals surface area contributed by atoms with Gasteiger partial charge in [-0.05, 0) is 59.7 Å². The minimum Gasteiger partial charge on any atom is -0.324 e. The zero-order chi connectivity index (χ0) is 27.0. The van der Waals surface area contributed by atoms with Gasteiger partial charge >= 0.3 is 11.9 Å². The van der Waals surface area contributed by atoms with Crippen molar-refractivity contribution in [1.29, 1.82) is 0 Å². The van der Waals surface area contributed by atoms with E-state index < -0.39 is 29.9 Å². The lowest BCUT2D eigenvalue weighted by Crippen LogP contribution is -2.28. The number of anilines is 1. The van der Waals surface area contributed by atoms with Crippen molar-refractivity contribution in [2.45, 2.75) is 12.7 Å². The number of aromatic nitrogens is 4. The van der Waals surface area contributed by atoms with E-state index in [1.807, 2.05) is 12.1 Å². The monoisotopic (exact) mass is 557 g/mol. The van der Waals surface area contributed by atoms with Crippen molar-refractivity contribution in [2.75, 3.05) is 5.32 Å². The first kappa shape index (κ1) is 25.5. The lowest BCUT2D eigenvalue weighted by molar-refractivity contribution is -0.137. The second-order valence-corrected chi connectivity index (χ2v) is 9.12. The summed E-state index contributed by atoms with van der Waals surface area (Å²) in [7, 11) is 0. The van der Waals surface area contributed by atoms with E-state index >= 15 is 0 Å². The number of amides is 1. The minimum absolute atomic E-state index is 0.143. The van der Waals surface area contributed by atoms with Gasteiger partial charge in [0.05, 0.1) is 11.8 Å². The van der Waals surface area contributed by atoms with Gasteiger partial charge < -0.3 is 5.32 Å². The molecular weight excluding hydrogens is 542 g/mol. The number of benzene rings is 3. The topological polar surface area (TPSA) is 81.3 Å². The van der Waals surface area contributed by atoms with Gasteiger partial charge in [-0.3, -0.25) is 4.79 Å². The molecule has 0 atom stereocenters. The van der Waals surface area contributed by atoms with Crippen molar-refractivity contribution in [3.05, 3.63) is 105 Å². The van der Waals surface area contributed by atoms with E-state index in [0.717, 1.165) is 39.0 Å². The summed E-state index contributed by atoms with van der Waals surface area (Å²) in [5, 5.41) is 12.2. The molecule has 0 spiro atoms. The maximum absolute atomic E-state index is 13.1. The number of halogens is 5. The van der Waals surface area contributed by atoms with Crippen LogP contribution in [0.1, 0.15) is 5.56 Å². The first-order valence-corrected chi connectivity index (χ1v) is 11.8. The van der Waals surface area contributed by atoms with Crippen molar-refractivity contribution in [1.82, 2.24) is 19.4 Å². The van der Waals surface area contributed by atoms with Crippen molar-refractivity contribution in [3.63, 3.8) is 0 Å². The molecule has 0 unspecified atom stereocenters. The van der Waals surface area contributed by atoms with Gasteiger partial charge in [-0.15, -0.1) is 5.10 Å². The first-order chi connectivity index (χ1) is 18.1. The molecule has 2 heterocycles. The van der Waals surface area contributed by atoms with Crippen molar-refractivity contribution < 1.29 is 18.0 Å². The highest BCUT2D eigenvalue weighted by Gasteiger charge is 2.30. The number of fused-ring (bicyclic) bond motifs is 1. The maximum Gasteiger partial charge on any atom is 0.416 e. The standard InChI is InChI=1S/C26H16Cl2F3N5O2/c27-18-7-1-15(2-8-18)21-13-32-36-24(23(21)16-3-9-19(28)10-4-16)34-35(25(36)38)14-22(37)33-20-11-5-17(6-12-20)26(29,30)31/h1-13H,14H2,(H,33,37). The third kappa shape index (κ3) is 5.13. The van der Waals surface area contributed by atoms with Gasteiger partial charge in [0.2, 0.25) is 5.91 Å². The van der Waals surface area contributed by atoms with E-state index in [1.54, 1.807) is 36.4 Å². The van der Waals surface area contributed by atoms with E-state index in [1.165, 1.54) is 6.20 Å². The number of hydrogen-bond acceptors (Lipinski definition) is 4. The Bertz CT molecular complexity index is 1700. The van der Waals surface area contributed by atoms with Crippen molar-refractivity contribution >= 4 is 40.4 Å². The summed E-state index contributed by atoms with van der Waals surface area (Å²) in [5.41, 5.74) is 1.57. The summed E-state index contributed by atoms with van der Waals surface area (Å²) in [6.07, 6.45) is -2.97. The van der Waals surface area contributed by atoms with Crippen molar-refractivity contribution in [3.8, 4) is 22.3 Å². The molecule has 0 radical (unpaired) electrons. The number of rotatable bonds is 5. The zero-order valence-electron chi connectivity index (χ0n) is 19.2. The van der Waals surface area contributed by atoms with Crippen LogP contribution >= 0.6 is 23.2 Å². The maximum atomic E-state index is 13.1. The highest BCUT2D eigenvalue weighted by atomic mass is 35.5. The SMILES string of the molecule is O=C(Cn1nc2c(-c3ccc(Cl)cc3)c(-c3ccc(Cl)cc3)cnn2c1=O)Nc1ccc(C(F)(F)F)cc1. The van der Waals surface area contributed by atoms with Gasteiger partial charge in [0.25, 0.3) is 0 Å². The van der Waals surface area contributed by atoms with Crippen LogP contribution in [0, 0.1) is 0 Å². The highest BCUT2D eigenvalue weighted by Crippen LogP contribution is 2.35. The van der Waals surface area contributed by atoms with Crippen LogP contribution in [0.15, 0.2) is 83.8 Å². The normalized spacial score (nSPS) is 11.6. The Balaban J connectivity index is 1.53. The Morgan fingerprint density at radius 1 is 0.868 bits per heavy atom. The molecule has 0 aliphatic heterocycles. The molecule has 2 aromatic heterocycles. The molecule has 3 aromatic carbocycles. The van der Waals surface area contributed by atoms with Gasteiger partial charge in [-0.2, -0.15) is 22.8 Å². The van der Waals surface area contributed by atoms with Gasteiger partial charge in [-0.25, -0.2) is 9.48 Å². The smallest absolute Gasteiger partial charge is 0.324 e. The molecule has 1 N–H and O–H groups in total. The quantitative estimate of drug-likeness (QED) is 0.279. The van der Waals surface area contributed by atoms with Crippen LogP contribution in [0.3, 0.4) is 0 Å².